The first-order chi connectivity index (χ1) is 12.5. The smallest absolute Gasteiger partial charge is 0.340 e. The van der Waals surface area contributed by atoms with Gasteiger partial charge in [-0.1, -0.05) is 23.2 Å². The molecule has 0 unspecified atom stereocenters. The van der Waals surface area contributed by atoms with E-state index in [9.17, 15) is 9.18 Å². The second kappa shape index (κ2) is 8.44. The monoisotopic (exact) mass is 412 g/mol. The van der Waals surface area contributed by atoms with Crippen molar-refractivity contribution < 1.29 is 18.7 Å². The van der Waals surface area contributed by atoms with Crippen molar-refractivity contribution in [1.29, 1.82) is 0 Å². The van der Waals surface area contributed by atoms with Crippen LogP contribution in [0.15, 0.2) is 41.9 Å². The number of aromatic nitrogens is 2. The first-order valence-corrected chi connectivity index (χ1v) is 8.94. The molecule has 0 bridgehead atoms. The van der Waals surface area contributed by atoms with Gasteiger partial charge in [-0.2, -0.15) is 0 Å². The summed E-state index contributed by atoms with van der Waals surface area (Å²) in [6, 6.07) is 7.11. The highest BCUT2D eigenvalue weighted by Gasteiger charge is 2.12. The lowest BCUT2D eigenvalue weighted by Gasteiger charge is -2.04. The summed E-state index contributed by atoms with van der Waals surface area (Å²) in [6.07, 6.45) is 1.29. The molecule has 2 aromatic heterocycles. The molecule has 2 heterocycles. The SMILES string of the molecule is O=C(OCc1csc(COc2ccc(F)cc2)n1)c1cnc(Cl)c(Cl)c1. The van der Waals surface area contributed by atoms with Gasteiger partial charge >= 0.3 is 5.97 Å². The minimum Gasteiger partial charge on any atom is -0.486 e. The maximum absolute atomic E-state index is 12.8. The normalized spacial score (nSPS) is 10.6. The summed E-state index contributed by atoms with van der Waals surface area (Å²) < 4.78 is 23.5. The highest BCUT2D eigenvalue weighted by molar-refractivity contribution is 7.09. The maximum Gasteiger partial charge on any atom is 0.340 e. The molecule has 5 nitrogen and oxygen atoms in total. The van der Waals surface area contributed by atoms with Crippen molar-refractivity contribution in [1.82, 2.24) is 9.97 Å². The summed E-state index contributed by atoms with van der Waals surface area (Å²) in [5, 5.41) is 2.77. The lowest BCUT2D eigenvalue weighted by Crippen LogP contribution is -2.06. The lowest BCUT2D eigenvalue weighted by atomic mass is 10.3. The largest absolute Gasteiger partial charge is 0.486 e. The molecule has 0 fully saturated rings. The third-order valence-electron chi connectivity index (χ3n) is 3.16. The van der Waals surface area contributed by atoms with Crippen LogP contribution in [0.5, 0.6) is 5.75 Å². The van der Waals surface area contributed by atoms with Gasteiger partial charge in [0.05, 0.1) is 16.3 Å². The maximum atomic E-state index is 12.8. The number of carbonyl (C=O) groups excluding carboxylic acids is 1. The van der Waals surface area contributed by atoms with Gasteiger partial charge in [-0.3, -0.25) is 0 Å². The van der Waals surface area contributed by atoms with E-state index in [0.717, 1.165) is 0 Å². The van der Waals surface area contributed by atoms with Crippen LogP contribution in [0.2, 0.25) is 10.2 Å². The predicted octanol–water partition coefficient (Wildman–Crippen LogP) is 4.92. The molecule has 0 aliphatic heterocycles. The van der Waals surface area contributed by atoms with E-state index < -0.39 is 5.97 Å². The minimum atomic E-state index is -0.576. The van der Waals surface area contributed by atoms with Gasteiger partial charge in [-0.05, 0) is 30.3 Å². The fraction of sp³-hybridized carbons (Fsp3) is 0.118. The van der Waals surface area contributed by atoms with E-state index in [1.54, 1.807) is 5.38 Å². The van der Waals surface area contributed by atoms with Crippen LogP contribution in [0.4, 0.5) is 4.39 Å². The summed E-state index contributed by atoms with van der Waals surface area (Å²) in [5.41, 5.74) is 0.795. The number of nitrogens with zero attached hydrogens (tertiary/aromatic N) is 2. The molecular formula is C17H11Cl2FN2O3S. The lowest BCUT2D eigenvalue weighted by molar-refractivity contribution is 0.0467. The molecule has 9 heteroatoms. The van der Waals surface area contributed by atoms with Crippen molar-refractivity contribution in [3.8, 4) is 5.75 Å². The average Bonchev–Trinajstić information content (AvgIpc) is 3.09. The van der Waals surface area contributed by atoms with Crippen LogP contribution in [0.3, 0.4) is 0 Å². The van der Waals surface area contributed by atoms with Crippen LogP contribution in [0.1, 0.15) is 21.1 Å². The molecular weight excluding hydrogens is 402 g/mol. The van der Waals surface area contributed by atoms with Gasteiger partial charge in [0.1, 0.15) is 34.9 Å². The zero-order valence-corrected chi connectivity index (χ0v) is 15.4. The molecule has 0 saturated carbocycles. The number of hydrogen-bond acceptors (Lipinski definition) is 6. The number of carbonyl (C=O) groups is 1. The van der Waals surface area contributed by atoms with Gasteiger partial charge in [0.2, 0.25) is 0 Å². The number of esters is 1. The zero-order valence-electron chi connectivity index (χ0n) is 13.1. The van der Waals surface area contributed by atoms with E-state index in [0.29, 0.717) is 16.5 Å². The van der Waals surface area contributed by atoms with Gasteiger partial charge < -0.3 is 9.47 Å². The Morgan fingerprint density at radius 3 is 2.69 bits per heavy atom. The molecule has 0 atom stereocenters. The summed E-state index contributed by atoms with van der Waals surface area (Å²) in [4.78, 5) is 20.1. The van der Waals surface area contributed by atoms with Crippen molar-refractivity contribution in [2.24, 2.45) is 0 Å². The van der Waals surface area contributed by atoms with Crippen molar-refractivity contribution in [3.63, 3.8) is 0 Å². The van der Waals surface area contributed by atoms with Crippen LogP contribution in [-0.4, -0.2) is 15.9 Å². The van der Waals surface area contributed by atoms with E-state index in [4.69, 9.17) is 32.7 Å². The first-order valence-electron chi connectivity index (χ1n) is 7.31. The van der Waals surface area contributed by atoms with E-state index in [2.05, 4.69) is 9.97 Å². The Morgan fingerprint density at radius 2 is 1.96 bits per heavy atom. The Labute approximate surface area is 162 Å². The molecule has 0 spiro atoms. The number of rotatable bonds is 6. The van der Waals surface area contributed by atoms with Gasteiger partial charge in [-0.25, -0.2) is 19.2 Å². The number of pyridine rings is 1. The minimum absolute atomic E-state index is 0.00608. The highest BCUT2D eigenvalue weighted by atomic mass is 35.5. The Morgan fingerprint density at radius 1 is 1.19 bits per heavy atom. The molecule has 0 radical (unpaired) electrons. The summed E-state index contributed by atoms with van der Waals surface area (Å²) in [7, 11) is 0. The molecule has 0 aliphatic carbocycles. The first kappa shape index (κ1) is 18.6. The number of ether oxygens (including phenoxy) is 2. The van der Waals surface area contributed by atoms with E-state index >= 15 is 0 Å². The number of hydrogen-bond donors (Lipinski definition) is 0. The molecule has 134 valence electrons. The van der Waals surface area contributed by atoms with Crippen LogP contribution in [0, 0.1) is 5.82 Å². The fourth-order valence-electron chi connectivity index (χ4n) is 1.91. The number of thiazole rings is 1. The van der Waals surface area contributed by atoms with Crippen LogP contribution < -0.4 is 4.74 Å². The van der Waals surface area contributed by atoms with Gasteiger partial charge in [0, 0.05) is 11.6 Å². The fourth-order valence-corrected chi connectivity index (χ4v) is 2.87. The molecule has 3 rings (SSSR count). The molecule has 0 saturated heterocycles. The Balaban J connectivity index is 1.52. The average molecular weight is 413 g/mol. The second-order valence-corrected chi connectivity index (χ2v) is 6.76. The number of halogens is 3. The topological polar surface area (TPSA) is 61.3 Å². The standard InChI is InChI=1S/C17H11Cl2FN2O3S/c18-14-5-10(6-21-16(14)19)17(23)25-7-12-9-26-15(22-12)8-24-13-3-1-11(20)2-4-13/h1-6,9H,7-8H2. The summed E-state index contributed by atoms with van der Waals surface area (Å²) in [6.45, 7) is 0.243. The zero-order chi connectivity index (χ0) is 18.5. The predicted molar refractivity (Wildman–Crippen MR) is 96.2 cm³/mol. The van der Waals surface area contributed by atoms with E-state index in [1.165, 1.54) is 47.9 Å². The van der Waals surface area contributed by atoms with Crippen molar-refractivity contribution in [2.75, 3.05) is 0 Å². The van der Waals surface area contributed by atoms with E-state index in [-0.39, 0.29) is 34.8 Å². The Hall–Kier alpha value is -2.22. The third kappa shape index (κ3) is 4.91. The molecule has 3 aromatic rings. The summed E-state index contributed by atoms with van der Waals surface area (Å²) >= 11 is 12.9. The van der Waals surface area contributed by atoms with Crippen LogP contribution in [0.25, 0.3) is 0 Å². The summed E-state index contributed by atoms with van der Waals surface area (Å²) in [5.74, 6) is -0.359. The van der Waals surface area contributed by atoms with Crippen LogP contribution >= 0.6 is 34.5 Å². The van der Waals surface area contributed by atoms with Crippen molar-refractivity contribution in [2.45, 2.75) is 13.2 Å². The van der Waals surface area contributed by atoms with Crippen LogP contribution in [-0.2, 0) is 18.0 Å². The Bertz CT molecular complexity index is 919. The van der Waals surface area contributed by atoms with E-state index in [1.807, 2.05) is 0 Å². The highest BCUT2D eigenvalue weighted by Crippen LogP contribution is 2.21. The van der Waals surface area contributed by atoms with Gasteiger partial charge in [0.15, 0.2) is 0 Å². The van der Waals surface area contributed by atoms with Gasteiger partial charge in [0.25, 0.3) is 0 Å². The molecule has 26 heavy (non-hydrogen) atoms. The molecule has 0 amide bonds. The third-order valence-corrected chi connectivity index (χ3v) is 4.72. The molecule has 0 N–H and O–H groups in total. The van der Waals surface area contributed by atoms with Crippen molar-refractivity contribution in [3.05, 3.63) is 74.2 Å². The second-order valence-electron chi connectivity index (χ2n) is 5.05. The molecule has 1 aromatic carbocycles. The quantitative estimate of drug-likeness (QED) is 0.424. The van der Waals surface area contributed by atoms with Gasteiger partial charge in [-0.15, -0.1) is 11.3 Å². The molecule has 0 aliphatic rings. The Kier molecular flexibility index (Phi) is 6.03. The number of benzene rings is 1. The van der Waals surface area contributed by atoms with Crippen molar-refractivity contribution >= 4 is 40.5 Å².